The molecular weight excluding hydrogens is 142 g/mol. The van der Waals surface area contributed by atoms with Crippen LogP contribution in [0.25, 0.3) is 0 Å². The van der Waals surface area contributed by atoms with Crippen molar-refractivity contribution in [1.29, 1.82) is 0 Å². The fraction of sp³-hybridized carbons (Fsp3) is 1.00. The average Bonchev–Trinajstić information content (AvgIpc) is 1.59. The van der Waals surface area contributed by atoms with Crippen LogP contribution in [0.15, 0.2) is 0 Å². The number of hydrogen-bond donors (Lipinski definition) is 0. The molecule has 0 aliphatic rings. The molecule has 0 aliphatic heterocycles. The van der Waals surface area contributed by atoms with Crippen LogP contribution in [0.5, 0.6) is 0 Å². The summed E-state index contributed by atoms with van der Waals surface area (Å²) in [5.74, 6) is -0.927. The summed E-state index contributed by atoms with van der Waals surface area (Å²) in [6.45, 7) is -0.751. The minimum absolute atomic E-state index is 0.751. The molecule has 0 aromatic carbocycles. The summed E-state index contributed by atoms with van der Waals surface area (Å²) in [7, 11) is -4.55. The predicted molar refractivity (Wildman–Crippen MR) is 22.0 cm³/mol. The monoisotopic (exact) mass is 146 g/mol. The van der Waals surface area contributed by atoms with Crippen molar-refractivity contribution in [3.05, 3.63) is 0 Å². The Hall–Kier alpha value is -0.230. The fourth-order valence-electron chi connectivity index (χ4n) is 0.131. The molecule has 0 amide bonds. The Balaban J connectivity index is 3.42. The van der Waals surface area contributed by atoms with Gasteiger partial charge in [-0.25, -0.2) is 0 Å². The Bertz CT molecular complexity index is 139. The van der Waals surface area contributed by atoms with Crippen molar-refractivity contribution >= 4 is 10.2 Å². The van der Waals surface area contributed by atoms with Crippen LogP contribution in [0, 0.1) is 0 Å². The van der Waals surface area contributed by atoms with Gasteiger partial charge in [-0.2, -0.15) is 13.4 Å². The van der Waals surface area contributed by atoms with E-state index in [1.165, 1.54) is 0 Å². The molecule has 0 fully saturated rings. The van der Waals surface area contributed by atoms with Gasteiger partial charge in [-0.05, 0) is 4.53 Å². The minimum atomic E-state index is -4.55. The van der Waals surface area contributed by atoms with Crippen LogP contribution in [0.4, 0.5) is 8.41 Å². The molecule has 0 N–H and O–H groups in total. The van der Waals surface area contributed by atoms with E-state index in [0.29, 0.717) is 0 Å². The Kier molecular flexibility index (Phi) is 2.85. The number of halogens is 2. The first-order valence-electron chi connectivity index (χ1n) is 1.72. The van der Waals surface area contributed by atoms with Crippen LogP contribution in [0.3, 0.4) is 0 Å². The van der Waals surface area contributed by atoms with Crippen LogP contribution in [-0.2, 0) is 15.2 Å². The summed E-state index contributed by atoms with van der Waals surface area (Å²) in [6.07, 6.45) is 0. The molecule has 0 heterocycles. The third-order valence-corrected chi connectivity index (χ3v) is 1.06. The summed E-state index contributed by atoms with van der Waals surface area (Å²) in [5.41, 5.74) is 0. The van der Waals surface area contributed by atoms with E-state index < -0.39 is 22.6 Å². The van der Waals surface area contributed by atoms with E-state index in [-0.39, 0.29) is 0 Å². The van der Waals surface area contributed by atoms with Gasteiger partial charge in [-0.3, -0.25) is 0 Å². The van der Waals surface area contributed by atoms with Gasteiger partial charge in [-0.1, -0.05) is 0 Å². The van der Waals surface area contributed by atoms with Gasteiger partial charge in [-0.15, -0.1) is 3.89 Å². The lowest BCUT2D eigenvalue weighted by molar-refractivity contribution is -0.125. The molecule has 0 bridgehead atoms. The normalized spacial score (nSPS) is 11.8. The Morgan fingerprint density at radius 3 is 2.12 bits per heavy atom. The molecule has 50 valence electrons. The van der Waals surface area contributed by atoms with Crippen molar-refractivity contribution in [2.24, 2.45) is 0 Å². The topological polar surface area (TPSA) is 43.4 Å². The van der Waals surface area contributed by atoms with Crippen molar-refractivity contribution < 1.29 is 21.8 Å². The highest BCUT2D eigenvalue weighted by Gasteiger charge is 2.05. The molecule has 6 heteroatoms. The Morgan fingerprint density at radius 2 is 2.00 bits per heavy atom. The summed E-state index contributed by atoms with van der Waals surface area (Å²) in [5, 5.41) is 0. The maximum atomic E-state index is 11.3. The van der Waals surface area contributed by atoms with E-state index in [1.54, 1.807) is 0 Å². The molecule has 0 saturated carbocycles. The highest BCUT2D eigenvalue weighted by Crippen LogP contribution is 1.89. The first-order chi connectivity index (χ1) is 3.56. The first-order valence-corrected chi connectivity index (χ1v) is 3.27. The maximum absolute atomic E-state index is 11.3. The zero-order valence-corrected chi connectivity index (χ0v) is 4.62. The zero-order valence-electron chi connectivity index (χ0n) is 3.80. The van der Waals surface area contributed by atoms with Crippen LogP contribution in [-0.4, -0.2) is 20.8 Å². The molecule has 0 atom stereocenters. The van der Waals surface area contributed by atoms with Crippen molar-refractivity contribution in [3.63, 3.8) is 0 Å². The third kappa shape index (κ3) is 5.77. The second-order valence-electron chi connectivity index (χ2n) is 1.06. The van der Waals surface area contributed by atoms with E-state index in [9.17, 15) is 16.8 Å². The molecule has 0 unspecified atom stereocenters. The standard InChI is InChI=1S/C2H4F2O3S/c3-7-1-2-8(4,5)6/h1-2H2. The van der Waals surface area contributed by atoms with Crippen LogP contribution < -0.4 is 0 Å². The average molecular weight is 146 g/mol. The second-order valence-corrected chi connectivity index (χ2v) is 2.54. The predicted octanol–water partition coefficient (Wildman–Crippen LogP) is 0.187. The molecule has 0 aromatic heterocycles. The third-order valence-electron chi connectivity index (χ3n) is 0.404. The fourth-order valence-corrected chi connectivity index (χ4v) is 0.393. The molecular formula is C2H4F2O3S. The van der Waals surface area contributed by atoms with E-state index >= 15 is 0 Å². The first kappa shape index (κ1) is 7.77. The largest absolute Gasteiger partial charge is 0.304 e. The van der Waals surface area contributed by atoms with Gasteiger partial charge in [0.1, 0.15) is 12.4 Å². The highest BCUT2D eigenvalue weighted by atomic mass is 32.3. The van der Waals surface area contributed by atoms with E-state index in [1.807, 2.05) is 0 Å². The molecule has 0 radical (unpaired) electrons. The van der Waals surface area contributed by atoms with Gasteiger partial charge < -0.3 is 0 Å². The van der Waals surface area contributed by atoms with E-state index in [0.717, 1.165) is 0 Å². The van der Waals surface area contributed by atoms with E-state index in [4.69, 9.17) is 0 Å². The minimum Gasteiger partial charge on any atom is -0.195 e. The van der Waals surface area contributed by atoms with E-state index in [2.05, 4.69) is 4.94 Å². The lowest BCUT2D eigenvalue weighted by atomic mass is 10.9. The zero-order chi connectivity index (χ0) is 6.62. The highest BCUT2D eigenvalue weighted by molar-refractivity contribution is 7.86. The molecule has 8 heavy (non-hydrogen) atoms. The molecule has 3 nitrogen and oxygen atoms in total. The van der Waals surface area contributed by atoms with Gasteiger partial charge >= 0.3 is 10.2 Å². The van der Waals surface area contributed by atoms with Gasteiger partial charge in [0.2, 0.25) is 0 Å². The Labute approximate surface area is 45.4 Å². The quantitative estimate of drug-likeness (QED) is 0.533. The molecule has 0 rings (SSSR count). The van der Waals surface area contributed by atoms with Crippen molar-refractivity contribution in [2.45, 2.75) is 0 Å². The van der Waals surface area contributed by atoms with Crippen molar-refractivity contribution in [1.82, 2.24) is 0 Å². The van der Waals surface area contributed by atoms with Crippen LogP contribution in [0.1, 0.15) is 0 Å². The van der Waals surface area contributed by atoms with Crippen molar-refractivity contribution in [2.75, 3.05) is 12.4 Å². The van der Waals surface area contributed by atoms with Crippen LogP contribution in [0.2, 0.25) is 0 Å². The Morgan fingerprint density at radius 1 is 1.50 bits per heavy atom. The van der Waals surface area contributed by atoms with Gasteiger partial charge in [0.15, 0.2) is 0 Å². The number of hydrogen-bond acceptors (Lipinski definition) is 3. The van der Waals surface area contributed by atoms with Gasteiger partial charge in [0, 0.05) is 0 Å². The molecule has 0 aromatic rings. The lowest BCUT2D eigenvalue weighted by Crippen LogP contribution is -2.03. The van der Waals surface area contributed by atoms with Crippen LogP contribution >= 0.6 is 0 Å². The summed E-state index contributed by atoms with van der Waals surface area (Å²) >= 11 is 0. The van der Waals surface area contributed by atoms with Crippen molar-refractivity contribution in [3.8, 4) is 0 Å². The second kappa shape index (κ2) is 2.93. The van der Waals surface area contributed by atoms with Gasteiger partial charge in [0.25, 0.3) is 0 Å². The lowest BCUT2D eigenvalue weighted by Gasteiger charge is -1.85. The number of rotatable bonds is 3. The summed E-state index contributed by atoms with van der Waals surface area (Å²) < 4.78 is 40.8. The maximum Gasteiger partial charge on any atom is 0.304 e. The molecule has 0 saturated heterocycles. The summed E-state index contributed by atoms with van der Waals surface area (Å²) in [6, 6.07) is 0. The SMILES string of the molecule is O=S(=O)(F)CCOF. The molecule has 0 spiro atoms. The summed E-state index contributed by atoms with van der Waals surface area (Å²) in [4.78, 5) is 2.80. The van der Waals surface area contributed by atoms with Gasteiger partial charge in [0.05, 0.1) is 0 Å². The smallest absolute Gasteiger partial charge is 0.195 e. The molecule has 0 aliphatic carbocycles.